The number of benzene rings is 1. The lowest BCUT2D eigenvalue weighted by molar-refractivity contribution is -0.186. The number of rotatable bonds is 1. The summed E-state index contributed by atoms with van der Waals surface area (Å²) < 4.78 is 17.6. The van der Waals surface area contributed by atoms with Gasteiger partial charge in [0.15, 0.2) is 11.5 Å². The number of hydrogen-bond donors (Lipinski definition) is 0. The van der Waals surface area contributed by atoms with E-state index in [4.69, 9.17) is 14.2 Å². The van der Waals surface area contributed by atoms with Gasteiger partial charge >= 0.3 is 0 Å². The Hall–Kier alpha value is -1.88. The van der Waals surface area contributed by atoms with Crippen molar-refractivity contribution < 1.29 is 23.8 Å². The topological polar surface area (TPSA) is 61.8 Å². The fourth-order valence-electron chi connectivity index (χ4n) is 6.19. The second-order valence-electron chi connectivity index (χ2n) is 10.9. The van der Waals surface area contributed by atoms with E-state index in [-0.39, 0.29) is 59.2 Å². The Labute approximate surface area is 172 Å². The zero-order chi connectivity index (χ0) is 20.6. The van der Waals surface area contributed by atoms with Crippen LogP contribution in [0.1, 0.15) is 64.9 Å². The van der Waals surface area contributed by atoms with Gasteiger partial charge in [0.25, 0.3) is 0 Å². The first kappa shape index (κ1) is 19.1. The van der Waals surface area contributed by atoms with Gasteiger partial charge in [-0.25, -0.2) is 0 Å². The SMILES string of the molecule is CC1(C)CC(=O)[C@@H]2C(c3ccc4c(c3)OCO4)[C@@H]3C(=O)CC(C)(C)C[C@@H]3O[C@H]2C1. The van der Waals surface area contributed by atoms with E-state index in [9.17, 15) is 9.59 Å². The molecule has 5 atom stereocenters. The largest absolute Gasteiger partial charge is 0.454 e. The van der Waals surface area contributed by atoms with Gasteiger partial charge in [-0.3, -0.25) is 9.59 Å². The minimum atomic E-state index is -0.269. The van der Waals surface area contributed by atoms with E-state index >= 15 is 0 Å². The van der Waals surface area contributed by atoms with Gasteiger partial charge in [0.1, 0.15) is 11.6 Å². The van der Waals surface area contributed by atoms with Crippen LogP contribution >= 0.6 is 0 Å². The molecule has 0 spiro atoms. The molecule has 1 aromatic rings. The molecule has 0 bridgehead atoms. The highest BCUT2D eigenvalue weighted by Crippen LogP contribution is 2.55. The molecule has 1 aromatic carbocycles. The van der Waals surface area contributed by atoms with Gasteiger partial charge in [-0.2, -0.15) is 0 Å². The predicted molar refractivity (Wildman–Crippen MR) is 107 cm³/mol. The molecule has 2 aliphatic carbocycles. The van der Waals surface area contributed by atoms with E-state index in [1.165, 1.54) is 0 Å². The molecule has 3 fully saturated rings. The highest BCUT2D eigenvalue weighted by molar-refractivity contribution is 5.89. The molecule has 5 heteroatoms. The quantitative estimate of drug-likeness (QED) is 0.707. The molecule has 5 nitrogen and oxygen atoms in total. The van der Waals surface area contributed by atoms with Crippen LogP contribution in [0.5, 0.6) is 11.5 Å². The van der Waals surface area contributed by atoms with Crippen LogP contribution in [0, 0.1) is 22.7 Å². The molecule has 156 valence electrons. The normalized spacial score (nSPS) is 37.0. The van der Waals surface area contributed by atoms with Crippen LogP contribution in [0.25, 0.3) is 0 Å². The van der Waals surface area contributed by atoms with Crippen molar-refractivity contribution in [2.24, 2.45) is 22.7 Å². The van der Waals surface area contributed by atoms with Gasteiger partial charge in [-0.1, -0.05) is 33.8 Å². The Bertz CT molecular complexity index is 828. The third kappa shape index (κ3) is 3.18. The van der Waals surface area contributed by atoms with Gasteiger partial charge in [-0.05, 0) is 41.4 Å². The first-order chi connectivity index (χ1) is 13.6. The minimum Gasteiger partial charge on any atom is -0.454 e. The summed E-state index contributed by atoms with van der Waals surface area (Å²) >= 11 is 0. The number of carbonyl (C=O) groups is 2. The lowest BCUT2D eigenvalue weighted by atomic mass is 9.56. The maximum Gasteiger partial charge on any atom is 0.231 e. The number of fused-ring (bicyclic) bond motifs is 3. The number of Topliss-reactive ketones (excluding diaryl/α,β-unsaturated/α-hetero) is 2. The van der Waals surface area contributed by atoms with Crippen LogP contribution in [0.2, 0.25) is 0 Å². The summed E-state index contributed by atoms with van der Waals surface area (Å²) in [5.41, 5.74) is 0.862. The molecular formula is C24H30O5. The first-order valence-corrected chi connectivity index (χ1v) is 10.7. The molecular weight excluding hydrogens is 368 g/mol. The van der Waals surface area contributed by atoms with Crippen molar-refractivity contribution in [2.75, 3.05) is 6.79 Å². The fraction of sp³-hybridized carbons (Fsp3) is 0.667. The monoisotopic (exact) mass is 398 g/mol. The maximum atomic E-state index is 13.3. The van der Waals surface area contributed by atoms with Gasteiger partial charge in [0.2, 0.25) is 6.79 Å². The molecule has 0 N–H and O–H groups in total. The zero-order valence-corrected chi connectivity index (χ0v) is 17.7. The van der Waals surface area contributed by atoms with Crippen LogP contribution in [0.3, 0.4) is 0 Å². The Balaban J connectivity index is 1.60. The van der Waals surface area contributed by atoms with Crippen molar-refractivity contribution >= 4 is 11.6 Å². The Kier molecular flexibility index (Phi) is 4.16. The van der Waals surface area contributed by atoms with Crippen molar-refractivity contribution in [1.82, 2.24) is 0 Å². The average Bonchev–Trinajstić information content (AvgIpc) is 3.05. The summed E-state index contributed by atoms with van der Waals surface area (Å²) in [6.07, 6.45) is 2.50. The van der Waals surface area contributed by atoms with E-state index in [1.807, 2.05) is 18.2 Å². The standard InChI is InChI=1S/C24H30O5/c1-23(2)8-14(25)21-18(10-23)29-19-11-24(3,4)9-15(26)22(19)20(21)13-5-6-16-17(7-13)28-12-27-16/h5-7,18-22H,8-12H2,1-4H3/t18-,19-,20?,21-,22+/m0/s1. The van der Waals surface area contributed by atoms with Gasteiger partial charge in [0, 0.05) is 18.8 Å². The first-order valence-electron chi connectivity index (χ1n) is 10.7. The minimum absolute atomic E-state index is 0.0707. The Morgan fingerprint density at radius 3 is 1.93 bits per heavy atom. The number of hydrogen-bond acceptors (Lipinski definition) is 5. The van der Waals surface area contributed by atoms with Crippen LogP contribution in [-0.2, 0) is 14.3 Å². The Morgan fingerprint density at radius 2 is 1.34 bits per heavy atom. The summed E-state index contributed by atoms with van der Waals surface area (Å²) in [4.78, 5) is 26.6. The smallest absolute Gasteiger partial charge is 0.231 e. The lowest BCUT2D eigenvalue weighted by Crippen LogP contribution is -2.58. The molecule has 0 amide bonds. The molecule has 1 unspecified atom stereocenters. The summed E-state index contributed by atoms with van der Waals surface area (Å²) in [6.45, 7) is 8.78. The van der Waals surface area contributed by atoms with E-state index in [0.29, 0.717) is 18.6 Å². The van der Waals surface area contributed by atoms with Crippen LogP contribution in [0.15, 0.2) is 18.2 Å². The van der Waals surface area contributed by atoms with Crippen LogP contribution in [0.4, 0.5) is 0 Å². The maximum absolute atomic E-state index is 13.3. The number of ketones is 2. The van der Waals surface area contributed by atoms with E-state index in [1.54, 1.807) is 0 Å². The molecule has 1 saturated heterocycles. The highest BCUT2D eigenvalue weighted by atomic mass is 16.7. The number of ether oxygens (including phenoxy) is 3. The summed E-state index contributed by atoms with van der Waals surface area (Å²) in [6, 6.07) is 5.90. The van der Waals surface area contributed by atoms with E-state index in [0.717, 1.165) is 24.2 Å². The summed E-state index contributed by atoms with van der Waals surface area (Å²) in [5, 5.41) is 0. The van der Waals surface area contributed by atoms with Crippen LogP contribution in [-0.4, -0.2) is 30.6 Å². The summed E-state index contributed by atoms with van der Waals surface area (Å²) in [7, 11) is 0. The predicted octanol–water partition coefficient (Wildman–Crippen LogP) is 4.28. The van der Waals surface area contributed by atoms with Crippen molar-refractivity contribution in [1.29, 1.82) is 0 Å². The molecule has 5 rings (SSSR count). The van der Waals surface area contributed by atoms with Crippen LogP contribution < -0.4 is 9.47 Å². The second kappa shape index (κ2) is 6.31. The van der Waals surface area contributed by atoms with Crippen molar-refractivity contribution in [2.45, 2.75) is 71.5 Å². The molecule has 2 aliphatic heterocycles. The zero-order valence-electron chi connectivity index (χ0n) is 17.7. The molecule has 4 aliphatic rings. The second-order valence-corrected chi connectivity index (χ2v) is 10.9. The lowest BCUT2D eigenvalue weighted by Gasteiger charge is -2.54. The molecule has 2 heterocycles. The molecule has 2 saturated carbocycles. The van der Waals surface area contributed by atoms with Crippen molar-refractivity contribution in [3.63, 3.8) is 0 Å². The molecule has 0 radical (unpaired) electrons. The van der Waals surface area contributed by atoms with Gasteiger partial charge in [-0.15, -0.1) is 0 Å². The van der Waals surface area contributed by atoms with Crippen molar-refractivity contribution in [3.05, 3.63) is 23.8 Å². The van der Waals surface area contributed by atoms with Crippen molar-refractivity contribution in [3.8, 4) is 11.5 Å². The highest BCUT2D eigenvalue weighted by Gasteiger charge is 2.57. The fourth-order valence-corrected chi connectivity index (χ4v) is 6.19. The third-order valence-electron chi connectivity index (χ3n) is 7.26. The molecule has 0 aromatic heterocycles. The Morgan fingerprint density at radius 1 is 0.793 bits per heavy atom. The van der Waals surface area contributed by atoms with E-state index < -0.39 is 0 Å². The van der Waals surface area contributed by atoms with E-state index in [2.05, 4.69) is 27.7 Å². The van der Waals surface area contributed by atoms with Gasteiger partial charge < -0.3 is 14.2 Å². The van der Waals surface area contributed by atoms with Gasteiger partial charge in [0.05, 0.1) is 24.0 Å². The molecule has 29 heavy (non-hydrogen) atoms. The average molecular weight is 398 g/mol. The summed E-state index contributed by atoms with van der Waals surface area (Å²) in [5.74, 6) is 1.19. The number of carbonyl (C=O) groups excluding carboxylic acids is 2. The third-order valence-corrected chi connectivity index (χ3v) is 7.26.